The van der Waals surface area contributed by atoms with Crippen LogP contribution in [0.4, 0.5) is 0 Å². The molecular formula is C22H22ClN3OS. The molecule has 3 rings (SSSR count). The molecule has 6 heteroatoms. The number of nitrogens with one attached hydrogen (secondary N) is 2. The molecule has 1 heterocycles. The summed E-state index contributed by atoms with van der Waals surface area (Å²) in [7, 11) is 0. The van der Waals surface area contributed by atoms with E-state index in [4.69, 9.17) is 28.6 Å². The third-order valence-electron chi connectivity index (χ3n) is 4.47. The van der Waals surface area contributed by atoms with Crippen LogP contribution in [0.5, 0.6) is 5.75 Å². The van der Waals surface area contributed by atoms with Gasteiger partial charge in [0.15, 0.2) is 5.11 Å². The zero-order valence-corrected chi connectivity index (χ0v) is 17.6. The van der Waals surface area contributed by atoms with E-state index in [1.165, 1.54) is 0 Å². The van der Waals surface area contributed by atoms with Crippen LogP contribution in [0.3, 0.4) is 0 Å². The molecule has 0 aromatic heterocycles. The van der Waals surface area contributed by atoms with Crippen molar-refractivity contribution < 1.29 is 4.74 Å². The van der Waals surface area contributed by atoms with Crippen molar-refractivity contribution in [2.24, 2.45) is 5.41 Å². The smallest absolute Gasteiger partial charge is 0.171 e. The number of nitrogens with zero attached hydrogens (tertiary/aromatic N) is 1. The molecule has 0 saturated heterocycles. The van der Waals surface area contributed by atoms with Crippen LogP contribution in [0.15, 0.2) is 59.8 Å². The van der Waals surface area contributed by atoms with E-state index in [1.807, 2.05) is 48.5 Å². The highest BCUT2D eigenvalue weighted by atomic mass is 35.5. The summed E-state index contributed by atoms with van der Waals surface area (Å²) in [6.45, 7) is 6.64. The average molecular weight is 412 g/mol. The van der Waals surface area contributed by atoms with Gasteiger partial charge in [0.25, 0.3) is 0 Å². The zero-order valence-electron chi connectivity index (χ0n) is 16.0. The molecule has 144 valence electrons. The molecule has 0 fully saturated rings. The second kappa shape index (κ2) is 8.22. The maximum absolute atomic E-state index is 9.76. The van der Waals surface area contributed by atoms with E-state index in [1.54, 1.807) is 0 Å². The SMILES string of the molecule is CC(C)(C)C1=C(C#N)[C@H](c2ccc(OCc3ccc(Cl)cc3)cc2)NC(=S)N1. The molecule has 2 aromatic rings. The van der Waals surface area contributed by atoms with E-state index < -0.39 is 0 Å². The first kappa shape index (κ1) is 20.2. The monoisotopic (exact) mass is 411 g/mol. The minimum absolute atomic E-state index is 0.211. The molecule has 1 atom stereocenters. The van der Waals surface area contributed by atoms with Crippen LogP contribution in [0.1, 0.15) is 37.9 Å². The summed E-state index contributed by atoms with van der Waals surface area (Å²) in [6, 6.07) is 17.4. The number of halogens is 1. The van der Waals surface area contributed by atoms with Crippen LogP contribution < -0.4 is 15.4 Å². The minimum atomic E-state index is -0.279. The van der Waals surface area contributed by atoms with E-state index in [9.17, 15) is 5.26 Å². The normalized spacial score (nSPS) is 16.8. The number of hydrogen-bond donors (Lipinski definition) is 2. The van der Waals surface area contributed by atoms with Crippen LogP contribution in [-0.4, -0.2) is 5.11 Å². The lowest BCUT2D eigenvalue weighted by Crippen LogP contribution is -2.46. The average Bonchev–Trinajstić information content (AvgIpc) is 2.66. The molecule has 0 saturated carbocycles. The number of hydrogen-bond acceptors (Lipinski definition) is 3. The van der Waals surface area contributed by atoms with Gasteiger partial charge < -0.3 is 15.4 Å². The Hall–Kier alpha value is -2.55. The molecule has 2 N–H and O–H groups in total. The third-order valence-corrected chi connectivity index (χ3v) is 4.95. The van der Waals surface area contributed by atoms with Crippen LogP contribution >= 0.6 is 23.8 Å². The maximum Gasteiger partial charge on any atom is 0.171 e. The van der Waals surface area contributed by atoms with Gasteiger partial charge in [-0.3, -0.25) is 0 Å². The Labute approximate surface area is 176 Å². The molecule has 0 radical (unpaired) electrons. The Kier molecular flexibility index (Phi) is 5.93. The Morgan fingerprint density at radius 2 is 1.75 bits per heavy atom. The minimum Gasteiger partial charge on any atom is -0.489 e. The number of ether oxygens (including phenoxy) is 1. The fourth-order valence-electron chi connectivity index (χ4n) is 3.03. The van der Waals surface area contributed by atoms with E-state index >= 15 is 0 Å². The van der Waals surface area contributed by atoms with Crippen molar-refractivity contribution in [1.29, 1.82) is 5.26 Å². The third kappa shape index (κ3) is 4.64. The highest BCUT2D eigenvalue weighted by Gasteiger charge is 2.32. The van der Waals surface area contributed by atoms with E-state index in [-0.39, 0.29) is 11.5 Å². The first-order valence-corrected chi connectivity index (χ1v) is 9.76. The standard InChI is InChI=1S/C22H22ClN3OS/c1-22(2,3)20-18(12-24)19(25-21(28)26-20)15-6-10-17(11-7-15)27-13-14-4-8-16(23)9-5-14/h4-11,19H,13H2,1-3H3,(H2,25,26,28)/t19-/m0/s1. The maximum atomic E-state index is 9.76. The molecule has 0 aliphatic carbocycles. The van der Waals surface area contributed by atoms with Gasteiger partial charge in [0.1, 0.15) is 12.4 Å². The fraction of sp³-hybridized carbons (Fsp3) is 0.273. The first-order chi connectivity index (χ1) is 13.3. The molecule has 0 spiro atoms. The molecule has 0 unspecified atom stereocenters. The Balaban J connectivity index is 1.79. The molecule has 1 aliphatic rings. The summed E-state index contributed by atoms with van der Waals surface area (Å²) in [5.41, 5.74) is 3.30. The number of allylic oxidation sites excluding steroid dienone is 1. The second-order valence-corrected chi connectivity index (χ2v) is 8.51. The van der Waals surface area contributed by atoms with Gasteiger partial charge in [-0.25, -0.2) is 0 Å². The number of rotatable bonds is 4. The highest BCUT2D eigenvalue weighted by Crippen LogP contribution is 2.34. The molecule has 2 aromatic carbocycles. The predicted molar refractivity (Wildman–Crippen MR) is 116 cm³/mol. The summed E-state index contributed by atoms with van der Waals surface area (Å²) >= 11 is 11.3. The number of nitriles is 1. The summed E-state index contributed by atoms with van der Waals surface area (Å²) in [4.78, 5) is 0. The van der Waals surface area contributed by atoms with Gasteiger partial charge in [-0.2, -0.15) is 5.26 Å². The lowest BCUT2D eigenvalue weighted by molar-refractivity contribution is 0.306. The first-order valence-electron chi connectivity index (χ1n) is 8.97. The van der Waals surface area contributed by atoms with Gasteiger partial charge in [-0.05, 0) is 47.6 Å². The van der Waals surface area contributed by atoms with Crippen molar-refractivity contribution in [2.45, 2.75) is 33.4 Å². The van der Waals surface area contributed by atoms with E-state index in [0.717, 1.165) is 22.6 Å². The Morgan fingerprint density at radius 3 is 2.32 bits per heavy atom. The molecule has 4 nitrogen and oxygen atoms in total. The summed E-state index contributed by atoms with van der Waals surface area (Å²) in [5.74, 6) is 0.758. The highest BCUT2D eigenvalue weighted by molar-refractivity contribution is 7.80. The van der Waals surface area contributed by atoms with Crippen molar-refractivity contribution in [1.82, 2.24) is 10.6 Å². The van der Waals surface area contributed by atoms with Gasteiger partial charge in [0, 0.05) is 16.1 Å². The fourth-order valence-corrected chi connectivity index (χ4v) is 3.38. The van der Waals surface area contributed by atoms with E-state index in [2.05, 4.69) is 37.5 Å². The lowest BCUT2D eigenvalue weighted by atomic mass is 9.84. The van der Waals surface area contributed by atoms with Gasteiger partial charge in [-0.1, -0.05) is 56.6 Å². The van der Waals surface area contributed by atoms with Crippen LogP contribution in [0, 0.1) is 16.7 Å². The largest absolute Gasteiger partial charge is 0.489 e. The topological polar surface area (TPSA) is 57.1 Å². The molecule has 28 heavy (non-hydrogen) atoms. The second-order valence-electron chi connectivity index (χ2n) is 7.67. The Morgan fingerprint density at radius 1 is 1.11 bits per heavy atom. The predicted octanol–water partition coefficient (Wildman–Crippen LogP) is 5.26. The van der Waals surface area contributed by atoms with Crippen LogP contribution in [-0.2, 0) is 6.61 Å². The van der Waals surface area contributed by atoms with E-state index in [0.29, 0.717) is 22.3 Å². The van der Waals surface area contributed by atoms with Crippen molar-refractivity contribution in [2.75, 3.05) is 0 Å². The van der Waals surface area contributed by atoms with Crippen LogP contribution in [0.2, 0.25) is 5.02 Å². The lowest BCUT2D eigenvalue weighted by Gasteiger charge is -2.34. The molecule has 0 amide bonds. The molecule has 1 aliphatic heterocycles. The van der Waals surface area contributed by atoms with Gasteiger partial charge in [0.05, 0.1) is 17.7 Å². The van der Waals surface area contributed by atoms with Gasteiger partial charge >= 0.3 is 0 Å². The summed E-state index contributed by atoms with van der Waals surface area (Å²) in [5, 5.41) is 17.4. The number of benzene rings is 2. The van der Waals surface area contributed by atoms with Crippen molar-refractivity contribution >= 4 is 28.9 Å². The van der Waals surface area contributed by atoms with Crippen molar-refractivity contribution in [3.8, 4) is 11.8 Å². The molecule has 0 bridgehead atoms. The van der Waals surface area contributed by atoms with Gasteiger partial charge in [0.2, 0.25) is 0 Å². The van der Waals surface area contributed by atoms with Gasteiger partial charge in [-0.15, -0.1) is 0 Å². The summed E-state index contributed by atoms with van der Waals surface area (Å²) in [6.07, 6.45) is 0. The Bertz CT molecular complexity index is 938. The van der Waals surface area contributed by atoms with Crippen molar-refractivity contribution in [3.63, 3.8) is 0 Å². The summed E-state index contributed by atoms with van der Waals surface area (Å²) < 4.78 is 5.85. The molecular weight excluding hydrogens is 390 g/mol. The quantitative estimate of drug-likeness (QED) is 0.672. The number of thiocarbonyl (C=S) groups is 1. The van der Waals surface area contributed by atoms with Crippen LogP contribution in [0.25, 0.3) is 0 Å². The van der Waals surface area contributed by atoms with Crippen molar-refractivity contribution in [3.05, 3.63) is 76.0 Å². The zero-order chi connectivity index (χ0) is 20.3.